The minimum absolute atomic E-state index is 0.0464. The Morgan fingerprint density at radius 3 is 2.72 bits per heavy atom. The van der Waals surface area contributed by atoms with E-state index in [9.17, 15) is 4.79 Å². The van der Waals surface area contributed by atoms with Crippen LogP contribution in [0.4, 0.5) is 0 Å². The molecule has 1 aromatic carbocycles. The van der Waals surface area contributed by atoms with Crippen molar-refractivity contribution in [3.05, 3.63) is 29.8 Å². The topological polar surface area (TPSA) is 50.8 Å². The van der Waals surface area contributed by atoms with Gasteiger partial charge in [0.05, 0.1) is 25.4 Å². The Hall–Kier alpha value is -1.24. The van der Waals surface area contributed by atoms with Crippen LogP contribution in [0.25, 0.3) is 0 Å². The van der Waals surface area contributed by atoms with Gasteiger partial charge in [0, 0.05) is 25.2 Å². The summed E-state index contributed by atoms with van der Waals surface area (Å²) in [7, 11) is 0. The predicted molar refractivity (Wildman–Crippen MR) is 102 cm³/mol. The first-order valence-electron chi connectivity index (χ1n) is 9.16. The summed E-state index contributed by atoms with van der Waals surface area (Å²) < 4.78 is 11.1. The fourth-order valence-electron chi connectivity index (χ4n) is 3.67. The smallest absolute Gasteiger partial charge is 0.255 e. The molecule has 0 aliphatic carbocycles. The maximum absolute atomic E-state index is 12.8. The highest BCUT2D eigenvalue weighted by Gasteiger charge is 2.39. The molecule has 1 aromatic rings. The van der Waals surface area contributed by atoms with Gasteiger partial charge in [0.25, 0.3) is 5.91 Å². The normalized spacial score (nSPS) is 20.8. The Kier molecular flexibility index (Phi) is 6.62. The summed E-state index contributed by atoms with van der Waals surface area (Å²) in [6.45, 7) is 6.66. The van der Waals surface area contributed by atoms with Crippen molar-refractivity contribution in [1.82, 2.24) is 10.2 Å². The fraction of sp³-hybridized carbons (Fsp3) is 0.632. The molecule has 2 aliphatic heterocycles. The van der Waals surface area contributed by atoms with Gasteiger partial charge in [-0.25, -0.2) is 0 Å². The number of carbonyl (C=O) groups excluding carboxylic acids is 1. The summed E-state index contributed by atoms with van der Waals surface area (Å²) in [5, 5.41) is 3.19. The van der Waals surface area contributed by atoms with E-state index in [-0.39, 0.29) is 11.4 Å². The Morgan fingerprint density at radius 2 is 2.00 bits per heavy atom. The molecule has 2 heterocycles. The van der Waals surface area contributed by atoms with Crippen molar-refractivity contribution < 1.29 is 14.3 Å². The highest BCUT2D eigenvalue weighted by Crippen LogP contribution is 2.33. The number of nitrogens with one attached hydrogen (secondary N) is 1. The minimum atomic E-state index is -0.0464. The molecule has 0 spiro atoms. The van der Waals surface area contributed by atoms with Crippen molar-refractivity contribution in [2.75, 3.05) is 51.0 Å². The fourth-order valence-corrected chi connectivity index (χ4v) is 4.92. The lowest BCUT2D eigenvalue weighted by atomic mass is 9.89. The number of thioether (sulfide) groups is 1. The van der Waals surface area contributed by atoms with E-state index in [0.717, 1.165) is 50.7 Å². The molecule has 6 heteroatoms. The molecule has 25 heavy (non-hydrogen) atoms. The van der Waals surface area contributed by atoms with Crippen LogP contribution < -0.4 is 10.1 Å². The van der Waals surface area contributed by atoms with Gasteiger partial charge in [-0.15, -0.1) is 0 Å². The van der Waals surface area contributed by atoms with Crippen LogP contribution in [0.2, 0.25) is 0 Å². The molecule has 0 saturated carbocycles. The average Bonchev–Trinajstić information content (AvgIpc) is 2.68. The third-order valence-electron chi connectivity index (χ3n) is 5.11. The lowest BCUT2D eigenvalue weighted by Crippen LogP contribution is -2.60. The first-order valence-corrected chi connectivity index (χ1v) is 10.3. The Morgan fingerprint density at radius 1 is 1.28 bits per heavy atom. The number of ether oxygens (including phenoxy) is 2. The van der Waals surface area contributed by atoms with Gasteiger partial charge < -0.3 is 14.8 Å². The van der Waals surface area contributed by atoms with Crippen molar-refractivity contribution in [3.8, 4) is 5.75 Å². The number of amides is 1. The Labute approximate surface area is 154 Å². The monoisotopic (exact) mass is 364 g/mol. The van der Waals surface area contributed by atoms with E-state index in [1.165, 1.54) is 0 Å². The zero-order valence-electron chi connectivity index (χ0n) is 15.0. The number of rotatable bonds is 6. The van der Waals surface area contributed by atoms with E-state index in [0.29, 0.717) is 24.5 Å². The largest absolute Gasteiger partial charge is 0.493 e. The second kappa shape index (κ2) is 8.92. The SMILES string of the molecule is CCOc1ccccc1C(=O)NCC1(N2CCOCC2)CCSCC1. The van der Waals surface area contributed by atoms with Crippen LogP contribution >= 0.6 is 11.8 Å². The van der Waals surface area contributed by atoms with Gasteiger partial charge in [0.15, 0.2) is 0 Å². The van der Waals surface area contributed by atoms with Crippen molar-refractivity contribution in [3.63, 3.8) is 0 Å². The van der Waals surface area contributed by atoms with E-state index in [1.54, 1.807) is 0 Å². The molecule has 2 aliphatic rings. The van der Waals surface area contributed by atoms with Crippen LogP contribution in [0.15, 0.2) is 24.3 Å². The summed E-state index contributed by atoms with van der Waals surface area (Å²) in [4.78, 5) is 15.3. The lowest BCUT2D eigenvalue weighted by molar-refractivity contribution is -0.0255. The van der Waals surface area contributed by atoms with Crippen molar-refractivity contribution in [1.29, 1.82) is 0 Å². The number of carbonyl (C=O) groups is 1. The van der Waals surface area contributed by atoms with Gasteiger partial charge in [-0.1, -0.05) is 12.1 Å². The highest BCUT2D eigenvalue weighted by molar-refractivity contribution is 7.99. The number of morpholine rings is 1. The molecular formula is C19H28N2O3S. The van der Waals surface area contributed by atoms with Gasteiger partial charge in [0.2, 0.25) is 0 Å². The summed E-state index contributed by atoms with van der Waals surface area (Å²) in [5.41, 5.74) is 0.678. The quantitative estimate of drug-likeness (QED) is 0.840. The van der Waals surface area contributed by atoms with E-state index in [1.807, 2.05) is 43.0 Å². The molecule has 5 nitrogen and oxygen atoms in total. The molecule has 0 bridgehead atoms. The molecule has 2 saturated heterocycles. The van der Waals surface area contributed by atoms with Gasteiger partial charge in [-0.3, -0.25) is 9.69 Å². The third kappa shape index (κ3) is 4.49. The van der Waals surface area contributed by atoms with Crippen LogP contribution in [0.5, 0.6) is 5.75 Å². The molecule has 0 atom stereocenters. The first-order chi connectivity index (χ1) is 12.2. The summed E-state index contributed by atoms with van der Waals surface area (Å²) in [5.74, 6) is 2.92. The molecule has 0 radical (unpaired) electrons. The Bertz CT molecular complexity index is 570. The van der Waals surface area contributed by atoms with Crippen LogP contribution in [0.3, 0.4) is 0 Å². The molecular weight excluding hydrogens is 336 g/mol. The maximum atomic E-state index is 12.8. The number of hydrogen-bond acceptors (Lipinski definition) is 5. The minimum Gasteiger partial charge on any atom is -0.493 e. The van der Waals surface area contributed by atoms with Gasteiger partial charge in [-0.2, -0.15) is 11.8 Å². The summed E-state index contributed by atoms with van der Waals surface area (Å²) in [6, 6.07) is 7.47. The van der Waals surface area contributed by atoms with Crippen LogP contribution in [0.1, 0.15) is 30.1 Å². The van der Waals surface area contributed by atoms with E-state index in [2.05, 4.69) is 10.2 Å². The van der Waals surface area contributed by atoms with Crippen molar-refractivity contribution in [2.24, 2.45) is 0 Å². The first kappa shape index (κ1) is 18.5. The molecule has 1 amide bonds. The van der Waals surface area contributed by atoms with Crippen molar-refractivity contribution >= 4 is 17.7 Å². The third-order valence-corrected chi connectivity index (χ3v) is 6.10. The van der Waals surface area contributed by atoms with E-state index >= 15 is 0 Å². The van der Waals surface area contributed by atoms with E-state index in [4.69, 9.17) is 9.47 Å². The lowest BCUT2D eigenvalue weighted by Gasteiger charge is -2.48. The molecule has 2 fully saturated rings. The standard InChI is InChI=1S/C19H28N2O3S/c1-2-24-17-6-4-3-5-16(17)18(22)20-15-19(7-13-25-14-8-19)21-9-11-23-12-10-21/h3-6H,2,7-15H2,1H3,(H,20,22). The van der Waals surface area contributed by atoms with Crippen LogP contribution in [-0.4, -0.2) is 67.3 Å². The van der Waals surface area contributed by atoms with Gasteiger partial charge in [0.1, 0.15) is 5.75 Å². The molecule has 0 aromatic heterocycles. The number of hydrogen-bond donors (Lipinski definition) is 1. The average molecular weight is 365 g/mol. The summed E-state index contributed by atoms with van der Waals surface area (Å²) in [6.07, 6.45) is 2.23. The number of nitrogens with zero attached hydrogens (tertiary/aromatic N) is 1. The zero-order chi connectivity index (χ0) is 17.5. The Balaban J connectivity index is 1.69. The molecule has 138 valence electrons. The predicted octanol–water partition coefficient (Wildman–Crippen LogP) is 2.41. The van der Waals surface area contributed by atoms with Crippen molar-refractivity contribution in [2.45, 2.75) is 25.3 Å². The number of para-hydroxylation sites is 1. The van der Waals surface area contributed by atoms with Gasteiger partial charge in [-0.05, 0) is 43.4 Å². The molecule has 3 rings (SSSR count). The summed E-state index contributed by atoms with van der Waals surface area (Å²) >= 11 is 2.01. The van der Waals surface area contributed by atoms with Crippen LogP contribution in [0, 0.1) is 0 Å². The van der Waals surface area contributed by atoms with Crippen LogP contribution in [-0.2, 0) is 4.74 Å². The molecule has 0 unspecified atom stereocenters. The number of benzene rings is 1. The zero-order valence-corrected chi connectivity index (χ0v) is 15.8. The maximum Gasteiger partial charge on any atom is 0.255 e. The second-order valence-electron chi connectivity index (χ2n) is 6.55. The van der Waals surface area contributed by atoms with E-state index < -0.39 is 0 Å². The highest BCUT2D eigenvalue weighted by atomic mass is 32.2. The van der Waals surface area contributed by atoms with Gasteiger partial charge >= 0.3 is 0 Å². The molecule has 1 N–H and O–H groups in total. The second-order valence-corrected chi connectivity index (χ2v) is 7.77.